The highest BCUT2D eigenvalue weighted by Crippen LogP contribution is 2.26. The largest absolute Gasteiger partial charge is 0.496 e. The molecule has 0 saturated carbocycles. The molecule has 0 spiro atoms. The van der Waals surface area contributed by atoms with Crippen LogP contribution in [-0.2, 0) is 21.2 Å². The Hall–Kier alpha value is -2.54. The van der Waals surface area contributed by atoms with E-state index in [9.17, 15) is 13.2 Å². The van der Waals surface area contributed by atoms with E-state index in [0.29, 0.717) is 23.4 Å². The van der Waals surface area contributed by atoms with Crippen LogP contribution in [0.5, 0.6) is 5.75 Å². The monoisotopic (exact) mass is 363 g/mol. The zero-order valence-corrected chi connectivity index (χ0v) is 15.4. The van der Waals surface area contributed by atoms with E-state index >= 15 is 0 Å². The molecule has 0 radical (unpaired) electrons. The first-order valence-corrected chi connectivity index (χ1v) is 9.19. The summed E-state index contributed by atoms with van der Waals surface area (Å²) >= 11 is 0. The van der Waals surface area contributed by atoms with Crippen molar-refractivity contribution < 1.29 is 22.7 Å². The summed E-state index contributed by atoms with van der Waals surface area (Å²) < 4.78 is 37.8. The van der Waals surface area contributed by atoms with Crippen LogP contribution in [0, 0.1) is 6.92 Å². The molecule has 25 heavy (non-hydrogen) atoms. The van der Waals surface area contributed by atoms with E-state index in [1.807, 2.05) is 6.92 Å². The molecule has 1 N–H and O–H groups in total. The molecule has 2 aromatic rings. The van der Waals surface area contributed by atoms with Crippen LogP contribution < -0.4 is 9.46 Å². The minimum Gasteiger partial charge on any atom is -0.496 e. The summed E-state index contributed by atoms with van der Waals surface area (Å²) in [6.07, 6.45) is 0.642. The smallest absolute Gasteiger partial charge is 0.337 e. The number of methoxy groups -OCH3 is 2. The van der Waals surface area contributed by atoms with Crippen molar-refractivity contribution in [1.82, 2.24) is 0 Å². The van der Waals surface area contributed by atoms with Crippen molar-refractivity contribution in [2.45, 2.75) is 25.2 Å². The fourth-order valence-corrected chi connectivity index (χ4v) is 3.55. The van der Waals surface area contributed by atoms with Crippen molar-refractivity contribution in [1.29, 1.82) is 0 Å². The zero-order chi connectivity index (χ0) is 18.6. The highest BCUT2D eigenvalue weighted by molar-refractivity contribution is 7.92. The molecule has 0 atom stereocenters. The van der Waals surface area contributed by atoms with Crippen LogP contribution in [0.2, 0.25) is 0 Å². The lowest BCUT2D eigenvalue weighted by Crippen LogP contribution is -2.15. The summed E-state index contributed by atoms with van der Waals surface area (Å²) in [5.41, 5.74) is 2.09. The number of ether oxygens (including phenoxy) is 2. The molecule has 0 fully saturated rings. The van der Waals surface area contributed by atoms with E-state index in [4.69, 9.17) is 4.74 Å². The van der Waals surface area contributed by atoms with E-state index in [0.717, 1.165) is 5.56 Å². The van der Waals surface area contributed by atoms with Gasteiger partial charge in [0.1, 0.15) is 5.75 Å². The number of hydrogen-bond donors (Lipinski definition) is 1. The molecule has 6 nitrogen and oxygen atoms in total. The standard InChI is InChI=1S/C18H21NO5S/c1-5-13-10-15(8-9-17(13)23-3)25(21,22)19-16-11-14(18(20)24-4)7-6-12(16)2/h6-11,19H,5H2,1-4H3. The zero-order valence-electron chi connectivity index (χ0n) is 14.6. The second kappa shape index (κ2) is 7.57. The molecule has 0 saturated heterocycles. The van der Waals surface area contributed by atoms with Crippen LogP contribution in [0.1, 0.15) is 28.4 Å². The number of rotatable bonds is 6. The molecule has 0 aliphatic heterocycles. The molecule has 7 heteroatoms. The second-order valence-electron chi connectivity index (χ2n) is 5.45. The van der Waals surface area contributed by atoms with E-state index in [1.54, 1.807) is 38.3 Å². The maximum absolute atomic E-state index is 12.7. The lowest BCUT2D eigenvalue weighted by molar-refractivity contribution is 0.0601. The molecule has 2 rings (SSSR count). The maximum atomic E-state index is 12.7. The number of hydrogen-bond acceptors (Lipinski definition) is 5. The van der Waals surface area contributed by atoms with Crippen molar-refractivity contribution in [3.63, 3.8) is 0 Å². The third kappa shape index (κ3) is 4.11. The Balaban J connectivity index is 2.41. The van der Waals surface area contributed by atoms with Crippen molar-refractivity contribution in [2.24, 2.45) is 0 Å². The first-order valence-electron chi connectivity index (χ1n) is 7.71. The molecular weight excluding hydrogens is 342 g/mol. The van der Waals surface area contributed by atoms with Gasteiger partial charge in [0.2, 0.25) is 0 Å². The van der Waals surface area contributed by atoms with Crippen LogP contribution in [0.15, 0.2) is 41.3 Å². The summed E-state index contributed by atoms with van der Waals surface area (Å²) in [7, 11) is -0.983. The van der Waals surface area contributed by atoms with Crippen LogP contribution in [0.3, 0.4) is 0 Å². The first kappa shape index (κ1) is 18.8. The quantitative estimate of drug-likeness (QED) is 0.797. The number of aryl methyl sites for hydroxylation is 2. The van der Waals surface area contributed by atoms with Gasteiger partial charge in [-0.05, 0) is 54.8 Å². The summed E-state index contributed by atoms with van der Waals surface area (Å²) in [6, 6.07) is 9.41. The van der Waals surface area contributed by atoms with Crippen molar-refractivity contribution in [2.75, 3.05) is 18.9 Å². The Labute approximate surface area is 147 Å². The van der Waals surface area contributed by atoms with Crippen LogP contribution in [0.25, 0.3) is 0 Å². The van der Waals surface area contributed by atoms with Gasteiger partial charge in [0.25, 0.3) is 10.0 Å². The third-order valence-corrected chi connectivity index (χ3v) is 5.21. The van der Waals surface area contributed by atoms with E-state index in [-0.39, 0.29) is 10.5 Å². The SMILES string of the molecule is CCc1cc(S(=O)(=O)Nc2cc(C(=O)OC)ccc2C)ccc1OC. The summed E-state index contributed by atoms with van der Waals surface area (Å²) in [5, 5.41) is 0. The Morgan fingerprint density at radius 3 is 2.44 bits per heavy atom. The summed E-state index contributed by atoms with van der Waals surface area (Å²) in [6.45, 7) is 3.68. The summed E-state index contributed by atoms with van der Waals surface area (Å²) in [5.74, 6) is 0.114. The molecule has 2 aromatic carbocycles. The highest BCUT2D eigenvalue weighted by Gasteiger charge is 2.18. The second-order valence-corrected chi connectivity index (χ2v) is 7.14. The van der Waals surface area contributed by atoms with Crippen LogP contribution in [0.4, 0.5) is 5.69 Å². The van der Waals surface area contributed by atoms with Gasteiger partial charge in [0, 0.05) is 0 Å². The number of carbonyl (C=O) groups excluding carboxylic acids is 1. The molecular formula is C18H21NO5S. The molecule has 0 aliphatic rings. The first-order chi connectivity index (χ1) is 11.8. The lowest BCUT2D eigenvalue weighted by Gasteiger charge is -2.13. The number of esters is 1. The fraction of sp³-hybridized carbons (Fsp3) is 0.278. The van der Waals surface area contributed by atoms with Crippen LogP contribution in [-0.4, -0.2) is 28.6 Å². The predicted molar refractivity (Wildman–Crippen MR) is 95.7 cm³/mol. The van der Waals surface area contributed by atoms with Gasteiger partial charge in [-0.15, -0.1) is 0 Å². The Kier molecular flexibility index (Phi) is 5.69. The Morgan fingerprint density at radius 1 is 1.12 bits per heavy atom. The van der Waals surface area contributed by atoms with Gasteiger partial charge in [0.05, 0.1) is 30.4 Å². The minimum absolute atomic E-state index is 0.132. The average molecular weight is 363 g/mol. The number of benzene rings is 2. The molecule has 134 valence electrons. The van der Waals surface area contributed by atoms with E-state index < -0.39 is 16.0 Å². The van der Waals surface area contributed by atoms with Crippen LogP contribution >= 0.6 is 0 Å². The molecule has 0 aliphatic carbocycles. The topological polar surface area (TPSA) is 81.7 Å². The molecule has 0 heterocycles. The van der Waals surface area contributed by atoms with E-state index in [2.05, 4.69) is 9.46 Å². The molecule has 0 aromatic heterocycles. The van der Waals surface area contributed by atoms with Crippen molar-refractivity contribution >= 4 is 21.7 Å². The number of carbonyl (C=O) groups is 1. The normalized spacial score (nSPS) is 11.0. The average Bonchev–Trinajstić information content (AvgIpc) is 2.61. The van der Waals surface area contributed by atoms with E-state index in [1.165, 1.54) is 19.2 Å². The minimum atomic E-state index is -3.80. The lowest BCUT2D eigenvalue weighted by atomic mass is 10.1. The Bertz CT molecular complexity index is 890. The highest BCUT2D eigenvalue weighted by atomic mass is 32.2. The Morgan fingerprint density at radius 2 is 1.84 bits per heavy atom. The van der Waals surface area contributed by atoms with Gasteiger partial charge in [-0.1, -0.05) is 13.0 Å². The van der Waals surface area contributed by atoms with Crippen molar-refractivity contribution in [3.8, 4) is 5.75 Å². The van der Waals surface area contributed by atoms with Gasteiger partial charge in [-0.2, -0.15) is 0 Å². The number of sulfonamides is 1. The third-order valence-electron chi connectivity index (χ3n) is 3.85. The molecule has 0 unspecified atom stereocenters. The predicted octanol–water partition coefficient (Wildman–Crippen LogP) is 3.15. The number of anilines is 1. The molecule has 0 amide bonds. The molecule has 0 bridgehead atoms. The van der Waals surface area contributed by atoms with Gasteiger partial charge < -0.3 is 9.47 Å². The summed E-state index contributed by atoms with van der Waals surface area (Å²) in [4.78, 5) is 11.8. The number of nitrogens with one attached hydrogen (secondary N) is 1. The maximum Gasteiger partial charge on any atom is 0.337 e. The van der Waals surface area contributed by atoms with Gasteiger partial charge in [-0.25, -0.2) is 13.2 Å². The van der Waals surface area contributed by atoms with Gasteiger partial charge >= 0.3 is 5.97 Å². The fourth-order valence-electron chi connectivity index (χ4n) is 2.38. The van der Waals surface area contributed by atoms with Gasteiger partial charge in [-0.3, -0.25) is 4.72 Å². The van der Waals surface area contributed by atoms with Crippen molar-refractivity contribution in [3.05, 3.63) is 53.1 Å². The van der Waals surface area contributed by atoms with Gasteiger partial charge in [0.15, 0.2) is 0 Å².